The molecule has 134 valence electrons. The minimum Gasteiger partial charge on any atom is -0.475 e. The van der Waals surface area contributed by atoms with Crippen molar-refractivity contribution in [3.63, 3.8) is 0 Å². The van der Waals surface area contributed by atoms with Crippen molar-refractivity contribution in [2.45, 2.75) is 39.2 Å². The molecule has 0 atom stereocenters. The van der Waals surface area contributed by atoms with Crippen LogP contribution >= 0.6 is 0 Å². The Morgan fingerprint density at radius 3 is 2.88 bits per heavy atom. The van der Waals surface area contributed by atoms with Gasteiger partial charge in [0.05, 0.1) is 18.3 Å². The molecule has 0 aromatic carbocycles. The fourth-order valence-corrected chi connectivity index (χ4v) is 3.26. The summed E-state index contributed by atoms with van der Waals surface area (Å²) >= 11 is 0. The van der Waals surface area contributed by atoms with Crippen LogP contribution in [0.15, 0.2) is 6.20 Å². The lowest BCUT2D eigenvalue weighted by atomic mass is 10.1. The first-order valence-corrected chi connectivity index (χ1v) is 8.86. The van der Waals surface area contributed by atoms with Gasteiger partial charge in [-0.05, 0) is 33.1 Å². The van der Waals surface area contributed by atoms with E-state index in [0.717, 1.165) is 61.8 Å². The Morgan fingerprint density at radius 2 is 2.04 bits per heavy atom. The Balaban J connectivity index is 1.71. The van der Waals surface area contributed by atoms with Crippen LogP contribution in [0.3, 0.4) is 0 Å². The van der Waals surface area contributed by atoms with Crippen LogP contribution in [0.4, 0.5) is 17.5 Å². The molecular formula is C17H24N6O2. The Kier molecular flexibility index (Phi) is 4.44. The van der Waals surface area contributed by atoms with Gasteiger partial charge in [0, 0.05) is 31.5 Å². The van der Waals surface area contributed by atoms with Crippen LogP contribution in [0.2, 0.25) is 0 Å². The van der Waals surface area contributed by atoms with Gasteiger partial charge < -0.3 is 20.1 Å². The first-order chi connectivity index (χ1) is 12.2. The highest BCUT2D eigenvalue weighted by Crippen LogP contribution is 2.34. The van der Waals surface area contributed by atoms with Crippen molar-refractivity contribution in [3.8, 4) is 5.88 Å². The van der Waals surface area contributed by atoms with Crippen LogP contribution in [-0.2, 0) is 4.74 Å². The quantitative estimate of drug-likeness (QED) is 0.822. The van der Waals surface area contributed by atoms with Crippen molar-refractivity contribution < 1.29 is 9.47 Å². The zero-order valence-corrected chi connectivity index (χ0v) is 14.7. The number of ether oxygens (including phenoxy) is 2. The summed E-state index contributed by atoms with van der Waals surface area (Å²) in [5.41, 5.74) is 2.92. The third kappa shape index (κ3) is 3.26. The van der Waals surface area contributed by atoms with Gasteiger partial charge in [-0.25, -0.2) is 4.98 Å². The number of aryl methyl sites for hydroxylation is 1. The highest BCUT2D eigenvalue weighted by atomic mass is 16.5. The first kappa shape index (κ1) is 16.1. The molecule has 8 heteroatoms. The molecule has 0 saturated carbocycles. The fourth-order valence-electron chi connectivity index (χ4n) is 3.26. The summed E-state index contributed by atoms with van der Waals surface area (Å²) in [4.78, 5) is 8.99. The topological polar surface area (TPSA) is 86.1 Å². The van der Waals surface area contributed by atoms with E-state index in [0.29, 0.717) is 24.5 Å². The molecule has 2 N–H and O–H groups in total. The summed E-state index contributed by atoms with van der Waals surface area (Å²) in [5, 5.41) is 11.4. The third-order valence-corrected chi connectivity index (χ3v) is 4.72. The lowest BCUT2D eigenvalue weighted by Gasteiger charge is -2.23. The van der Waals surface area contributed by atoms with Gasteiger partial charge in [0.25, 0.3) is 5.88 Å². The van der Waals surface area contributed by atoms with Crippen molar-refractivity contribution in [2.75, 3.05) is 37.0 Å². The molecule has 0 amide bonds. The number of nitrogens with one attached hydrogen (secondary N) is 2. The van der Waals surface area contributed by atoms with Crippen LogP contribution in [0.25, 0.3) is 0 Å². The molecule has 0 unspecified atom stereocenters. The zero-order chi connectivity index (χ0) is 17.2. The summed E-state index contributed by atoms with van der Waals surface area (Å²) in [7, 11) is 0. The first-order valence-electron chi connectivity index (χ1n) is 8.86. The van der Waals surface area contributed by atoms with Gasteiger partial charge >= 0.3 is 0 Å². The molecule has 4 heterocycles. The molecule has 2 bridgehead atoms. The second-order valence-corrected chi connectivity index (χ2v) is 6.53. The molecule has 25 heavy (non-hydrogen) atoms. The van der Waals surface area contributed by atoms with Gasteiger partial charge in [-0.2, -0.15) is 4.98 Å². The number of hydrogen-bond donors (Lipinski definition) is 2. The van der Waals surface area contributed by atoms with Crippen molar-refractivity contribution >= 4 is 17.5 Å². The Labute approximate surface area is 146 Å². The molecule has 1 saturated heterocycles. The number of hydrogen-bond acceptors (Lipinski definition) is 7. The number of aromatic nitrogens is 4. The molecule has 2 aliphatic heterocycles. The van der Waals surface area contributed by atoms with E-state index in [9.17, 15) is 0 Å². The van der Waals surface area contributed by atoms with Gasteiger partial charge in [-0.1, -0.05) is 0 Å². The lowest BCUT2D eigenvalue weighted by molar-refractivity contribution is 0.0652. The average Bonchev–Trinajstić information content (AvgIpc) is 2.92. The second-order valence-electron chi connectivity index (χ2n) is 6.53. The van der Waals surface area contributed by atoms with Crippen LogP contribution < -0.4 is 15.4 Å². The van der Waals surface area contributed by atoms with E-state index in [2.05, 4.69) is 32.2 Å². The van der Waals surface area contributed by atoms with Crippen LogP contribution in [0.5, 0.6) is 5.88 Å². The average molecular weight is 344 g/mol. The van der Waals surface area contributed by atoms with Crippen molar-refractivity contribution in [3.05, 3.63) is 17.5 Å². The highest BCUT2D eigenvalue weighted by molar-refractivity contribution is 5.64. The lowest BCUT2D eigenvalue weighted by Crippen LogP contribution is -2.21. The van der Waals surface area contributed by atoms with E-state index in [1.54, 1.807) is 0 Å². The molecule has 2 aromatic heterocycles. The fraction of sp³-hybridized carbons (Fsp3) is 0.588. The third-order valence-electron chi connectivity index (χ3n) is 4.72. The van der Waals surface area contributed by atoms with Gasteiger partial charge in [0.1, 0.15) is 11.5 Å². The minimum absolute atomic E-state index is 0.343. The largest absolute Gasteiger partial charge is 0.475 e. The number of fused-ring (bicyclic) bond motifs is 3. The zero-order valence-electron chi connectivity index (χ0n) is 14.7. The summed E-state index contributed by atoms with van der Waals surface area (Å²) in [5.74, 6) is 2.03. The van der Waals surface area contributed by atoms with E-state index in [4.69, 9.17) is 14.6 Å². The summed E-state index contributed by atoms with van der Waals surface area (Å²) in [6, 6.07) is 0.343. The summed E-state index contributed by atoms with van der Waals surface area (Å²) in [6.45, 7) is 7.02. The van der Waals surface area contributed by atoms with Gasteiger partial charge in [0.15, 0.2) is 0 Å². The van der Waals surface area contributed by atoms with Gasteiger partial charge in [-0.3, -0.25) is 4.68 Å². The molecule has 2 aromatic rings. The minimum atomic E-state index is 0.343. The molecule has 1 fully saturated rings. The van der Waals surface area contributed by atoms with E-state index >= 15 is 0 Å². The molecule has 4 rings (SSSR count). The highest BCUT2D eigenvalue weighted by Gasteiger charge is 2.24. The van der Waals surface area contributed by atoms with Gasteiger partial charge in [-0.15, -0.1) is 5.10 Å². The van der Waals surface area contributed by atoms with Crippen LogP contribution in [0.1, 0.15) is 36.6 Å². The molecule has 0 radical (unpaired) electrons. The molecule has 0 aliphatic carbocycles. The van der Waals surface area contributed by atoms with Crippen molar-refractivity contribution in [1.82, 2.24) is 19.7 Å². The van der Waals surface area contributed by atoms with Crippen LogP contribution in [0, 0.1) is 13.8 Å². The van der Waals surface area contributed by atoms with Crippen LogP contribution in [-0.4, -0.2) is 46.1 Å². The predicted molar refractivity (Wildman–Crippen MR) is 94.7 cm³/mol. The Hall–Kier alpha value is -2.35. The smallest absolute Gasteiger partial charge is 0.257 e. The van der Waals surface area contributed by atoms with E-state index in [-0.39, 0.29) is 0 Å². The molecule has 0 spiro atoms. The standard InChI is InChI=1S/C17H24N6O2/c1-11-10-19-17-20-14-12(2)23(13-4-8-24-9-5-13)22-16(14)25-7-3-6-18-15(11)21-17/h10,13H,3-9H2,1-2H3,(H2,18,19,20,21). The maximum Gasteiger partial charge on any atom is 0.257 e. The maximum atomic E-state index is 5.96. The van der Waals surface area contributed by atoms with E-state index < -0.39 is 0 Å². The predicted octanol–water partition coefficient (Wildman–Crippen LogP) is 2.58. The molecule has 2 aliphatic rings. The SMILES string of the molecule is Cc1cnc2nc1NCCCOc1nn(C3CCOCC3)c(C)c1N2. The molecular weight excluding hydrogens is 320 g/mol. The Morgan fingerprint density at radius 1 is 1.20 bits per heavy atom. The number of nitrogens with zero attached hydrogens (tertiary/aromatic N) is 4. The number of anilines is 3. The van der Waals surface area contributed by atoms with Gasteiger partial charge in [0.2, 0.25) is 5.95 Å². The monoisotopic (exact) mass is 344 g/mol. The number of rotatable bonds is 1. The molecule has 8 nitrogen and oxygen atoms in total. The normalized spacial score (nSPS) is 18.3. The summed E-state index contributed by atoms with van der Waals surface area (Å²) in [6.07, 6.45) is 4.64. The van der Waals surface area contributed by atoms with E-state index in [1.807, 2.05) is 13.1 Å². The van der Waals surface area contributed by atoms with Crippen molar-refractivity contribution in [1.29, 1.82) is 0 Å². The van der Waals surface area contributed by atoms with Crippen molar-refractivity contribution in [2.24, 2.45) is 0 Å². The Bertz CT molecular complexity index is 754. The maximum absolute atomic E-state index is 5.96. The second kappa shape index (κ2) is 6.87. The summed E-state index contributed by atoms with van der Waals surface area (Å²) < 4.78 is 13.5. The van der Waals surface area contributed by atoms with E-state index in [1.165, 1.54) is 0 Å².